The number of benzene rings is 1. The molecule has 0 aliphatic carbocycles. The normalized spacial score (nSPS) is 9.79. The first-order valence-electron chi connectivity index (χ1n) is 5.63. The maximum absolute atomic E-state index is 11.6. The Morgan fingerprint density at radius 2 is 2.16 bits per heavy atom. The Bertz CT molecular complexity index is 465. The summed E-state index contributed by atoms with van der Waals surface area (Å²) in [7, 11) is 1.54. The smallest absolute Gasteiger partial charge is 0.319 e. The highest BCUT2D eigenvalue weighted by Gasteiger charge is 2.06. The Hall–Kier alpha value is -1.76. The van der Waals surface area contributed by atoms with E-state index in [0.29, 0.717) is 24.4 Å². The summed E-state index contributed by atoms with van der Waals surface area (Å²) in [6, 6.07) is 4.82. The van der Waals surface area contributed by atoms with E-state index in [1.54, 1.807) is 25.3 Å². The van der Waals surface area contributed by atoms with Gasteiger partial charge < -0.3 is 20.5 Å². The van der Waals surface area contributed by atoms with E-state index in [1.807, 2.05) is 0 Å². The first kappa shape index (κ1) is 15.3. The van der Waals surface area contributed by atoms with Crippen molar-refractivity contribution in [2.75, 3.05) is 19.0 Å². The molecule has 0 bridgehead atoms. The van der Waals surface area contributed by atoms with Crippen molar-refractivity contribution >= 4 is 33.6 Å². The second kappa shape index (κ2) is 7.63. The molecule has 1 aromatic carbocycles. The molecule has 1 rings (SSSR count). The van der Waals surface area contributed by atoms with Crippen LogP contribution < -0.4 is 15.4 Å². The van der Waals surface area contributed by atoms with Crippen molar-refractivity contribution in [3.05, 3.63) is 22.7 Å². The minimum absolute atomic E-state index is 0.0309. The molecule has 0 aliphatic heterocycles. The van der Waals surface area contributed by atoms with Crippen LogP contribution in [0.25, 0.3) is 0 Å². The summed E-state index contributed by atoms with van der Waals surface area (Å²) >= 11 is 3.31. The molecule has 2 amide bonds. The summed E-state index contributed by atoms with van der Waals surface area (Å²) in [6.07, 6.45) is 0.422. The van der Waals surface area contributed by atoms with Crippen molar-refractivity contribution < 1.29 is 19.4 Å². The van der Waals surface area contributed by atoms with Crippen LogP contribution in [-0.4, -0.2) is 30.8 Å². The summed E-state index contributed by atoms with van der Waals surface area (Å²) in [5.41, 5.74) is 0.579. The molecule has 3 N–H and O–H groups in total. The Labute approximate surface area is 119 Å². The lowest BCUT2D eigenvalue weighted by atomic mass is 10.3. The predicted molar refractivity (Wildman–Crippen MR) is 74.6 cm³/mol. The highest BCUT2D eigenvalue weighted by molar-refractivity contribution is 9.10. The van der Waals surface area contributed by atoms with E-state index in [1.165, 1.54) is 0 Å². The number of rotatable bonds is 6. The average molecular weight is 331 g/mol. The summed E-state index contributed by atoms with van der Waals surface area (Å²) in [4.78, 5) is 21.9. The summed E-state index contributed by atoms with van der Waals surface area (Å²) in [6.45, 7) is 0.305. The van der Waals surface area contributed by atoms with Crippen molar-refractivity contribution in [2.24, 2.45) is 0 Å². The average Bonchev–Trinajstić information content (AvgIpc) is 2.37. The van der Waals surface area contributed by atoms with Crippen molar-refractivity contribution in [1.82, 2.24) is 5.32 Å². The molecule has 0 saturated heterocycles. The standard InChI is InChI=1S/C12H15BrN2O4/c1-19-8-4-5-9(13)10(7-8)15-12(18)14-6-2-3-11(16)17/h4-5,7H,2-3,6H2,1H3,(H,16,17)(H2,14,15,18). The van der Waals surface area contributed by atoms with E-state index >= 15 is 0 Å². The van der Waals surface area contributed by atoms with Gasteiger partial charge in [0.25, 0.3) is 0 Å². The fourth-order valence-electron chi connectivity index (χ4n) is 1.34. The third-order valence-electron chi connectivity index (χ3n) is 2.27. The molecule has 0 aromatic heterocycles. The van der Waals surface area contributed by atoms with Crippen LogP contribution in [0, 0.1) is 0 Å². The molecule has 0 radical (unpaired) electrons. The SMILES string of the molecule is COc1ccc(Br)c(NC(=O)NCCCC(=O)O)c1. The van der Waals surface area contributed by atoms with Crippen LogP contribution in [0.3, 0.4) is 0 Å². The molecule has 19 heavy (non-hydrogen) atoms. The number of nitrogens with one attached hydrogen (secondary N) is 2. The summed E-state index contributed by atoms with van der Waals surface area (Å²) < 4.78 is 5.79. The number of ether oxygens (including phenoxy) is 1. The van der Waals surface area contributed by atoms with Gasteiger partial charge in [-0.05, 0) is 34.5 Å². The first-order chi connectivity index (χ1) is 9.02. The van der Waals surface area contributed by atoms with E-state index in [-0.39, 0.29) is 12.5 Å². The van der Waals surface area contributed by atoms with Crippen molar-refractivity contribution in [3.63, 3.8) is 0 Å². The number of aliphatic carboxylic acids is 1. The Kier molecular flexibility index (Phi) is 6.14. The molecule has 0 fully saturated rings. The largest absolute Gasteiger partial charge is 0.497 e. The number of methoxy groups -OCH3 is 1. The van der Waals surface area contributed by atoms with Gasteiger partial charge in [0.15, 0.2) is 0 Å². The van der Waals surface area contributed by atoms with Gasteiger partial charge in [-0.2, -0.15) is 0 Å². The molecule has 1 aromatic rings. The number of anilines is 1. The van der Waals surface area contributed by atoms with Crippen LogP contribution in [0.2, 0.25) is 0 Å². The minimum atomic E-state index is -0.877. The van der Waals surface area contributed by atoms with E-state index in [4.69, 9.17) is 9.84 Å². The molecule has 6 nitrogen and oxygen atoms in total. The molecule has 0 unspecified atom stereocenters. The monoisotopic (exact) mass is 330 g/mol. The predicted octanol–water partition coefficient (Wildman–Crippen LogP) is 2.44. The van der Waals surface area contributed by atoms with Crippen molar-refractivity contribution in [1.29, 1.82) is 0 Å². The van der Waals surface area contributed by atoms with E-state index in [0.717, 1.165) is 4.47 Å². The number of amides is 2. The van der Waals surface area contributed by atoms with Crippen LogP contribution in [0.5, 0.6) is 5.75 Å². The maximum Gasteiger partial charge on any atom is 0.319 e. The lowest BCUT2D eigenvalue weighted by Crippen LogP contribution is -2.29. The highest BCUT2D eigenvalue weighted by atomic mass is 79.9. The zero-order chi connectivity index (χ0) is 14.3. The number of carboxylic acids is 1. The van der Waals surface area contributed by atoms with Gasteiger partial charge in [0, 0.05) is 23.5 Å². The van der Waals surface area contributed by atoms with Crippen molar-refractivity contribution in [3.8, 4) is 5.75 Å². The van der Waals surface area contributed by atoms with E-state index in [2.05, 4.69) is 26.6 Å². The Morgan fingerprint density at radius 3 is 2.79 bits per heavy atom. The quantitative estimate of drug-likeness (QED) is 0.699. The van der Waals surface area contributed by atoms with Gasteiger partial charge in [-0.1, -0.05) is 0 Å². The van der Waals surface area contributed by atoms with Gasteiger partial charge in [0.05, 0.1) is 12.8 Å². The number of carbonyl (C=O) groups excluding carboxylic acids is 1. The third-order valence-corrected chi connectivity index (χ3v) is 2.97. The molecule has 104 valence electrons. The van der Waals surface area contributed by atoms with Crippen molar-refractivity contribution in [2.45, 2.75) is 12.8 Å². The fraction of sp³-hybridized carbons (Fsp3) is 0.333. The lowest BCUT2D eigenvalue weighted by Gasteiger charge is -2.10. The maximum atomic E-state index is 11.6. The van der Waals surface area contributed by atoms with Gasteiger partial charge >= 0.3 is 12.0 Å². The summed E-state index contributed by atoms with van der Waals surface area (Å²) in [5, 5.41) is 13.7. The van der Waals surface area contributed by atoms with Crippen LogP contribution in [0.15, 0.2) is 22.7 Å². The first-order valence-corrected chi connectivity index (χ1v) is 6.42. The van der Waals surface area contributed by atoms with Crippen LogP contribution in [-0.2, 0) is 4.79 Å². The number of halogens is 1. The number of hydrogen-bond acceptors (Lipinski definition) is 3. The molecule has 0 heterocycles. The van der Waals surface area contributed by atoms with E-state index < -0.39 is 5.97 Å². The molecule has 0 saturated carbocycles. The Balaban J connectivity index is 2.45. The van der Waals surface area contributed by atoms with Gasteiger partial charge in [0.2, 0.25) is 0 Å². The number of carbonyl (C=O) groups is 2. The molecule has 0 aliphatic rings. The molecule has 0 spiro atoms. The summed E-state index contributed by atoms with van der Waals surface area (Å²) in [5.74, 6) is -0.248. The van der Waals surface area contributed by atoms with Crippen LogP contribution in [0.4, 0.5) is 10.5 Å². The zero-order valence-corrected chi connectivity index (χ0v) is 12.0. The molecule has 7 heteroatoms. The number of hydrogen-bond donors (Lipinski definition) is 3. The highest BCUT2D eigenvalue weighted by Crippen LogP contribution is 2.26. The van der Waals surface area contributed by atoms with Crippen LogP contribution in [0.1, 0.15) is 12.8 Å². The minimum Gasteiger partial charge on any atom is -0.497 e. The molecule has 0 atom stereocenters. The second-order valence-electron chi connectivity index (χ2n) is 3.72. The number of urea groups is 1. The topological polar surface area (TPSA) is 87.7 Å². The van der Waals surface area contributed by atoms with Gasteiger partial charge in [-0.15, -0.1) is 0 Å². The number of carboxylic acid groups (broad SMARTS) is 1. The van der Waals surface area contributed by atoms with Crippen LogP contribution >= 0.6 is 15.9 Å². The Morgan fingerprint density at radius 1 is 1.42 bits per heavy atom. The molecular weight excluding hydrogens is 316 g/mol. The fourth-order valence-corrected chi connectivity index (χ4v) is 1.68. The zero-order valence-electron chi connectivity index (χ0n) is 10.4. The molecular formula is C12H15BrN2O4. The van der Waals surface area contributed by atoms with Gasteiger partial charge in [-0.3, -0.25) is 4.79 Å². The third kappa shape index (κ3) is 5.60. The van der Waals surface area contributed by atoms with Gasteiger partial charge in [-0.25, -0.2) is 4.79 Å². The van der Waals surface area contributed by atoms with E-state index in [9.17, 15) is 9.59 Å². The lowest BCUT2D eigenvalue weighted by molar-refractivity contribution is -0.137. The van der Waals surface area contributed by atoms with Gasteiger partial charge in [0.1, 0.15) is 5.75 Å². The second-order valence-corrected chi connectivity index (χ2v) is 4.58.